The van der Waals surface area contributed by atoms with Crippen molar-refractivity contribution in [2.24, 2.45) is 0 Å². The Morgan fingerprint density at radius 3 is 2.60 bits per heavy atom. The number of nitrogen functional groups attached to an aromatic ring is 1. The zero-order chi connectivity index (χ0) is 13.8. The quantitative estimate of drug-likeness (QED) is 0.712. The fourth-order valence-electron chi connectivity index (χ4n) is 1.98. The van der Waals surface area contributed by atoms with Crippen molar-refractivity contribution in [2.75, 3.05) is 5.73 Å². The van der Waals surface area contributed by atoms with Crippen LogP contribution in [0, 0.1) is 0 Å². The lowest BCUT2D eigenvalue weighted by molar-refractivity contribution is 1.10. The van der Waals surface area contributed by atoms with E-state index in [9.17, 15) is 0 Å². The van der Waals surface area contributed by atoms with E-state index >= 15 is 0 Å². The largest absolute Gasteiger partial charge is 0.382 e. The van der Waals surface area contributed by atoms with Gasteiger partial charge in [0, 0.05) is 22.3 Å². The van der Waals surface area contributed by atoms with Crippen LogP contribution in [-0.4, -0.2) is 10.2 Å². The number of thioether (sulfide) groups is 1. The van der Waals surface area contributed by atoms with Gasteiger partial charge in [-0.3, -0.25) is 5.10 Å². The molecule has 0 aliphatic rings. The number of aromatic amines is 1. The third kappa shape index (κ3) is 3.03. The normalized spacial score (nSPS) is 10.6. The number of benzene rings is 2. The molecule has 20 heavy (non-hydrogen) atoms. The van der Waals surface area contributed by atoms with Crippen LogP contribution in [0.2, 0.25) is 0 Å². The maximum atomic E-state index is 5.64. The van der Waals surface area contributed by atoms with Crippen LogP contribution >= 0.6 is 11.8 Å². The topological polar surface area (TPSA) is 54.7 Å². The average Bonchev–Trinajstić information content (AvgIpc) is 2.93. The van der Waals surface area contributed by atoms with Gasteiger partial charge in [0.25, 0.3) is 0 Å². The zero-order valence-corrected chi connectivity index (χ0v) is 11.7. The molecular weight excluding hydrogens is 266 g/mol. The maximum absolute atomic E-state index is 5.64. The monoisotopic (exact) mass is 281 g/mol. The van der Waals surface area contributed by atoms with Gasteiger partial charge in [-0.1, -0.05) is 42.5 Å². The minimum Gasteiger partial charge on any atom is -0.382 e. The van der Waals surface area contributed by atoms with Crippen LogP contribution in [0.25, 0.3) is 11.3 Å². The van der Waals surface area contributed by atoms with Crippen molar-refractivity contribution in [1.29, 1.82) is 0 Å². The molecule has 0 aliphatic heterocycles. The van der Waals surface area contributed by atoms with Crippen molar-refractivity contribution in [2.45, 2.75) is 10.6 Å². The first-order valence-electron chi connectivity index (χ1n) is 6.39. The second kappa shape index (κ2) is 5.84. The molecule has 0 bridgehead atoms. The highest BCUT2D eigenvalue weighted by molar-refractivity contribution is 7.98. The van der Waals surface area contributed by atoms with Crippen LogP contribution < -0.4 is 5.73 Å². The number of nitrogens with zero attached hydrogens (tertiary/aromatic N) is 1. The van der Waals surface area contributed by atoms with Gasteiger partial charge >= 0.3 is 0 Å². The fourth-order valence-corrected chi connectivity index (χ4v) is 2.89. The van der Waals surface area contributed by atoms with E-state index in [2.05, 4.69) is 58.7 Å². The van der Waals surface area contributed by atoms with Gasteiger partial charge in [0.15, 0.2) is 0 Å². The number of hydrogen-bond acceptors (Lipinski definition) is 3. The Morgan fingerprint density at radius 1 is 1.00 bits per heavy atom. The van der Waals surface area contributed by atoms with E-state index in [1.54, 1.807) is 0 Å². The summed E-state index contributed by atoms with van der Waals surface area (Å²) >= 11 is 1.82. The first-order valence-corrected chi connectivity index (χ1v) is 7.38. The number of anilines is 1. The Morgan fingerprint density at radius 2 is 1.85 bits per heavy atom. The van der Waals surface area contributed by atoms with Crippen molar-refractivity contribution in [3.8, 4) is 11.3 Å². The van der Waals surface area contributed by atoms with E-state index in [4.69, 9.17) is 5.73 Å². The molecule has 2 aromatic carbocycles. The molecule has 0 saturated carbocycles. The summed E-state index contributed by atoms with van der Waals surface area (Å²) in [7, 11) is 0. The number of nitrogens with one attached hydrogen (secondary N) is 1. The number of aromatic nitrogens is 2. The molecular formula is C16H15N3S. The third-order valence-corrected chi connectivity index (χ3v) is 4.06. The van der Waals surface area contributed by atoms with E-state index in [1.807, 2.05) is 23.9 Å². The molecule has 0 saturated heterocycles. The second-order valence-corrected chi connectivity index (χ2v) is 5.56. The van der Waals surface area contributed by atoms with Gasteiger partial charge < -0.3 is 5.73 Å². The molecule has 3 rings (SSSR count). The molecule has 1 aromatic heterocycles. The minimum atomic E-state index is 0.516. The van der Waals surface area contributed by atoms with E-state index in [0.717, 1.165) is 17.0 Å². The number of H-pyrrole nitrogens is 1. The molecule has 0 spiro atoms. The van der Waals surface area contributed by atoms with E-state index < -0.39 is 0 Å². The predicted octanol–water partition coefficient (Wildman–Crippen LogP) is 3.95. The summed E-state index contributed by atoms with van der Waals surface area (Å²) in [6, 6.07) is 20.7. The lowest BCUT2D eigenvalue weighted by Gasteiger charge is -2.04. The molecule has 0 unspecified atom stereocenters. The number of nitrogens with two attached hydrogens (primary N) is 1. The molecule has 3 nitrogen and oxygen atoms in total. The molecule has 0 radical (unpaired) electrons. The smallest absolute Gasteiger partial charge is 0.145 e. The van der Waals surface area contributed by atoms with Crippen LogP contribution in [0.3, 0.4) is 0 Å². The molecule has 1 heterocycles. The highest BCUT2D eigenvalue weighted by Gasteiger charge is 2.03. The molecule has 4 heteroatoms. The van der Waals surface area contributed by atoms with Crippen LogP contribution in [-0.2, 0) is 5.75 Å². The second-order valence-electron chi connectivity index (χ2n) is 4.51. The Bertz CT molecular complexity index is 692. The summed E-state index contributed by atoms with van der Waals surface area (Å²) in [5.74, 6) is 1.48. The summed E-state index contributed by atoms with van der Waals surface area (Å²) < 4.78 is 0. The van der Waals surface area contributed by atoms with Crippen molar-refractivity contribution in [3.05, 3.63) is 66.2 Å². The van der Waals surface area contributed by atoms with E-state index in [-0.39, 0.29) is 0 Å². The molecule has 0 aliphatic carbocycles. The van der Waals surface area contributed by atoms with Crippen LogP contribution in [0.5, 0.6) is 0 Å². The molecule has 3 N–H and O–H groups in total. The Kier molecular flexibility index (Phi) is 3.74. The van der Waals surface area contributed by atoms with Gasteiger partial charge in [-0.2, -0.15) is 5.10 Å². The van der Waals surface area contributed by atoms with Crippen molar-refractivity contribution < 1.29 is 0 Å². The van der Waals surface area contributed by atoms with Gasteiger partial charge in [-0.05, 0) is 17.7 Å². The van der Waals surface area contributed by atoms with Gasteiger partial charge in [-0.25, -0.2) is 0 Å². The average molecular weight is 281 g/mol. The minimum absolute atomic E-state index is 0.516. The van der Waals surface area contributed by atoms with Crippen LogP contribution in [0.15, 0.2) is 65.6 Å². The lowest BCUT2D eigenvalue weighted by Crippen LogP contribution is -1.82. The maximum Gasteiger partial charge on any atom is 0.145 e. The highest BCUT2D eigenvalue weighted by atomic mass is 32.2. The van der Waals surface area contributed by atoms with Gasteiger partial charge in [0.1, 0.15) is 5.82 Å². The van der Waals surface area contributed by atoms with Crippen LogP contribution in [0.1, 0.15) is 5.56 Å². The molecule has 0 fully saturated rings. The third-order valence-electron chi connectivity index (χ3n) is 2.99. The van der Waals surface area contributed by atoms with Gasteiger partial charge in [0.2, 0.25) is 0 Å². The van der Waals surface area contributed by atoms with Gasteiger partial charge in [0.05, 0.1) is 5.69 Å². The van der Waals surface area contributed by atoms with Gasteiger partial charge in [-0.15, -0.1) is 11.8 Å². The zero-order valence-electron chi connectivity index (χ0n) is 10.9. The first-order chi connectivity index (χ1) is 9.81. The van der Waals surface area contributed by atoms with Crippen LogP contribution in [0.4, 0.5) is 5.82 Å². The molecule has 0 atom stereocenters. The molecule has 100 valence electrons. The van der Waals surface area contributed by atoms with Crippen molar-refractivity contribution in [3.63, 3.8) is 0 Å². The SMILES string of the molecule is Nc1cc(-c2cccc(SCc3ccccc3)c2)[nH]n1. The number of rotatable bonds is 4. The number of hydrogen-bond donors (Lipinski definition) is 2. The predicted molar refractivity (Wildman–Crippen MR) is 84.4 cm³/mol. The lowest BCUT2D eigenvalue weighted by atomic mass is 10.1. The van der Waals surface area contributed by atoms with Crippen molar-refractivity contribution >= 4 is 17.6 Å². The van der Waals surface area contributed by atoms with E-state index in [1.165, 1.54) is 10.5 Å². The summed E-state index contributed by atoms with van der Waals surface area (Å²) in [5.41, 5.74) is 9.02. The van der Waals surface area contributed by atoms with Crippen molar-refractivity contribution in [1.82, 2.24) is 10.2 Å². The Hall–Kier alpha value is -2.20. The molecule has 3 aromatic rings. The Labute approximate surface area is 122 Å². The first kappa shape index (κ1) is 12.8. The summed E-state index contributed by atoms with van der Waals surface area (Å²) in [6.07, 6.45) is 0. The summed E-state index contributed by atoms with van der Waals surface area (Å²) in [5, 5.41) is 6.90. The fraction of sp³-hybridized carbons (Fsp3) is 0.0625. The summed E-state index contributed by atoms with van der Waals surface area (Å²) in [4.78, 5) is 1.24. The Balaban J connectivity index is 1.75. The molecule has 0 amide bonds. The highest BCUT2D eigenvalue weighted by Crippen LogP contribution is 2.27. The standard InChI is InChI=1S/C16H15N3S/c17-16-10-15(18-19-16)13-7-4-8-14(9-13)20-11-12-5-2-1-3-6-12/h1-10H,11H2,(H3,17,18,19). The van der Waals surface area contributed by atoms with E-state index in [0.29, 0.717) is 5.82 Å². The summed E-state index contributed by atoms with van der Waals surface area (Å²) in [6.45, 7) is 0.